The second-order valence-electron chi connectivity index (χ2n) is 3.43. The Morgan fingerprint density at radius 1 is 1.50 bits per heavy atom. The maximum Gasteiger partial charge on any atom is 0.258 e. The number of rotatable bonds is 6. The van der Waals surface area contributed by atoms with E-state index < -0.39 is 15.6 Å². The minimum absolute atomic E-state index is 0.000517. The molecule has 0 aromatic carbocycles. The fraction of sp³-hybridized carbons (Fsp3) is 0.625. The molecule has 0 radical (unpaired) electrons. The Bertz CT molecular complexity index is 406. The average Bonchev–Trinajstić information content (AvgIpc) is 2.80. The van der Waals surface area contributed by atoms with Crippen LogP contribution in [0.2, 0.25) is 0 Å². The molecule has 0 saturated carbocycles. The standard InChI is InChI=1S/C8H13Cl2N3O2S/c1-2-8(5-9,6-10)13-16(14,15)7-3-4-11-12-7/h3-4,13H,2,5-6H2,1H3,(H,11,12). The Kier molecular flexibility index (Phi) is 4.61. The molecule has 0 amide bonds. The van der Waals surface area contributed by atoms with Crippen molar-refractivity contribution in [3.8, 4) is 0 Å². The minimum atomic E-state index is -3.65. The van der Waals surface area contributed by atoms with Crippen LogP contribution < -0.4 is 4.72 Å². The van der Waals surface area contributed by atoms with Crippen LogP contribution in [0.15, 0.2) is 17.3 Å². The summed E-state index contributed by atoms with van der Waals surface area (Å²) in [7, 11) is -3.65. The highest BCUT2D eigenvalue weighted by molar-refractivity contribution is 7.89. The molecule has 1 rings (SSSR count). The van der Waals surface area contributed by atoms with Crippen LogP contribution in [-0.2, 0) is 10.0 Å². The molecule has 0 aliphatic heterocycles. The minimum Gasteiger partial charge on any atom is -0.266 e. The molecule has 0 spiro atoms. The molecule has 0 bridgehead atoms. The second kappa shape index (κ2) is 5.35. The number of nitrogens with one attached hydrogen (secondary N) is 2. The van der Waals surface area contributed by atoms with Gasteiger partial charge < -0.3 is 0 Å². The summed E-state index contributed by atoms with van der Waals surface area (Å²) in [4.78, 5) is 0. The predicted octanol–water partition coefficient (Wildman–Crippen LogP) is 1.31. The predicted molar refractivity (Wildman–Crippen MR) is 63.4 cm³/mol. The van der Waals surface area contributed by atoms with Gasteiger partial charge in [0.25, 0.3) is 10.0 Å². The van der Waals surface area contributed by atoms with Crippen molar-refractivity contribution in [3.05, 3.63) is 12.3 Å². The number of nitrogens with zero attached hydrogens (tertiary/aromatic N) is 1. The molecule has 1 aromatic heterocycles. The molecule has 0 saturated heterocycles. The van der Waals surface area contributed by atoms with Crippen molar-refractivity contribution in [1.82, 2.24) is 14.9 Å². The van der Waals surface area contributed by atoms with Gasteiger partial charge in [-0.3, -0.25) is 5.10 Å². The van der Waals surface area contributed by atoms with E-state index >= 15 is 0 Å². The first kappa shape index (κ1) is 13.8. The maximum absolute atomic E-state index is 11.9. The lowest BCUT2D eigenvalue weighted by Gasteiger charge is -2.28. The fourth-order valence-corrected chi connectivity index (χ4v) is 3.42. The fourth-order valence-electron chi connectivity index (χ4n) is 1.08. The highest BCUT2D eigenvalue weighted by Crippen LogP contribution is 2.18. The summed E-state index contributed by atoms with van der Waals surface area (Å²) in [5.74, 6) is 0.223. The topological polar surface area (TPSA) is 74.8 Å². The molecule has 0 unspecified atom stereocenters. The molecule has 2 N–H and O–H groups in total. The van der Waals surface area contributed by atoms with E-state index in [2.05, 4.69) is 14.9 Å². The van der Waals surface area contributed by atoms with E-state index in [0.29, 0.717) is 6.42 Å². The van der Waals surface area contributed by atoms with E-state index in [1.807, 2.05) is 6.92 Å². The summed E-state index contributed by atoms with van der Waals surface area (Å²) in [5, 5.41) is 5.97. The quantitative estimate of drug-likeness (QED) is 0.774. The van der Waals surface area contributed by atoms with E-state index in [0.717, 1.165) is 0 Å². The number of halogens is 2. The van der Waals surface area contributed by atoms with Crippen molar-refractivity contribution in [2.24, 2.45) is 0 Å². The molecule has 5 nitrogen and oxygen atoms in total. The van der Waals surface area contributed by atoms with Gasteiger partial charge in [-0.2, -0.15) is 5.10 Å². The van der Waals surface area contributed by atoms with E-state index in [1.165, 1.54) is 12.3 Å². The van der Waals surface area contributed by atoms with Crippen molar-refractivity contribution in [1.29, 1.82) is 0 Å². The van der Waals surface area contributed by atoms with Crippen molar-refractivity contribution < 1.29 is 8.42 Å². The number of H-pyrrole nitrogens is 1. The third-order valence-corrected chi connectivity index (χ3v) is 4.84. The zero-order chi connectivity index (χ0) is 12.2. The van der Waals surface area contributed by atoms with Gasteiger partial charge in [0.05, 0.1) is 11.7 Å². The molecule has 0 aliphatic rings. The lowest BCUT2D eigenvalue weighted by molar-refractivity contribution is 0.448. The maximum atomic E-state index is 11.9. The summed E-state index contributed by atoms with van der Waals surface area (Å²) in [6.45, 7) is 1.82. The van der Waals surface area contributed by atoms with E-state index in [-0.39, 0.29) is 16.8 Å². The Balaban J connectivity index is 2.96. The van der Waals surface area contributed by atoms with E-state index in [1.54, 1.807) is 0 Å². The Morgan fingerprint density at radius 2 is 2.12 bits per heavy atom. The molecular formula is C8H13Cl2N3O2S. The van der Waals surface area contributed by atoms with Crippen molar-refractivity contribution >= 4 is 33.2 Å². The number of hydrogen-bond acceptors (Lipinski definition) is 3. The first-order valence-corrected chi connectivity index (χ1v) is 7.20. The first-order valence-electron chi connectivity index (χ1n) is 4.65. The molecule has 16 heavy (non-hydrogen) atoms. The Hall–Kier alpha value is -0.300. The number of hydrogen-bond donors (Lipinski definition) is 2. The van der Waals surface area contributed by atoms with Crippen molar-refractivity contribution in [2.75, 3.05) is 11.8 Å². The molecule has 0 fully saturated rings. The second-order valence-corrected chi connectivity index (χ2v) is 5.61. The van der Waals surface area contributed by atoms with Crippen LogP contribution in [0.5, 0.6) is 0 Å². The van der Waals surface area contributed by atoms with Crippen LogP contribution in [0.25, 0.3) is 0 Å². The molecule has 92 valence electrons. The van der Waals surface area contributed by atoms with Gasteiger partial charge in [0, 0.05) is 11.8 Å². The number of aromatic nitrogens is 2. The van der Waals surface area contributed by atoms with Gasteiger partial charge >= 0.3 is 0 Å². The molecule has 1 aromatic rings. The van der Waals surface area contributed by atoms with Crippen LogP contribution in [0.3, 0.4) is 0 Å². The number of alkyl halides is 2. The van der Waals surface area contributed by atoms with Gasteiger partial charge in [-0.05, 0) is 12.5 Å². The molecule has 0 aliphatic carbocycles. The van der Waals surface area contributed by atoms with Gasteiger partial charge in [-0.25, -0.2) is 13.1 Å². The average molecular weight is 286 g/mol. The molecule has 1 heterocycles. The van der Waals surface area contributed by atoms with Gasteiger partial charge in [-0.1, -0.05) is 6.92 Å². The van der Waals surface area contributed by atoms with E-state index in [9.17, 15) is 8.42 Å². The number of aromatic amines is 1. The monoisotopic (exact) mass is 285 g/mol. The van der Waals surface area contributed by atoms with Gasteiger partial charge in [0.2, 0.25) is 0 Å². The van der Waals surface area contributed by atoms with Crippen LogP contribution in [0.4, 0.5) is 0 Å². The van der Waals surface area contributed by atoms with E-state index in [4.69, 9.17) is 23.2 Å². The summed E-state index contributed by atoms with van der Waals surface area (Å²) >= 11 is 11.5. The summed E-state index contributed by atoms with van der Waals surface area (Å²) < 4.78 is 26.3. The summed E-state index contributed by atoms with van der Waals surface area (Å²) in [5.41, 5.74) is -0.826. The van der Waals surface area contributed by atoms with Gasteiger partial charge in [-0.15, -0.1) is 23.2 Å². The summed E-state index contributed by atoms with van der Waals surface area (Å²) in [6.07, 6.45) is 1.87. The highest BCUT2D eigenvalue weighted by Gasteiger charge is 2.32. The Morgan fingerprint density at radius 3 is 2.50 bits per heavy atom. The van der Waals surface area contributed by atoms with Gasteiger partial charge in [0.1, 0.15) is 0 Å². The van der Waals surface area contributed by atoms with Crippen molar-refractivity contribution in [3.63, 3.8) is 0 Å². The lowest BCUT2D eigenvalue weighted by Crippen LogP contribution is -2.51. The zero-order valence-electron chi connectivity index (χ0n) is 8.70. The largest absolute Gasteiger partial charge is 0.266 e. The van der Waals surface area contributed by atoms with Gasteiger partial charge in [0.15, 0.2) is 5.03 Å². The lowest BCUT2D eigenvalue weighted by atomic mass is 10.0. The van der Waals surface area contributed by atoms with Crippen LogP contribution in [-0.4, -0.2) is 35.9 Å². The third kappa shape index (κ3) is 2.88. The molecule has 8 heteroatoms. The summed E-state index contributed by atoms with van der Waals surface area (Å²) in [6, 6.07) is 1.37. The van der Waals surface area contributed by atoms with Crippen LogP contribution >= 0.6 is 23.2 Å². The molecule has 0 atom stereocenters. The van der Waals surface area contributed by atoms with Crippen molar-refractivity contribution in [2.45, 2.75) is 23.9 Å². The number of sulfonamides is 1. The normalized spacial score (nSPS) is 12.9. The highest BCUT2D eigenvalue weighted by atomic mass is 35.5. The first-order chi connectivity index (χ1) is 7.49. The third-order valence-electron chi connectivity index (χ3n) is 2.30. The van der Waals surface area contributed by atoms with Crippen LogP contribution in [0, 0.1) is 0 Å². The SMILES string of the molecule is CCC(CCl)(CCl)NS(=O)(=O)c1ccn[nH]1. The smallest absolute Gasteiger partial charge is 0.258 e. The zero-order valence-corrected chi connectivity index (χ0v) is 11.0. The Labute approximate surface area is 105 Å². The van der Waals surface area contributed by atoms with Crippen LogP contribution in [0.1, 0.15) is 13.3 Å². The molecular weight excluding hydrogens is 273 g/mol.